The van der Waals surface area contributed by atoms with E-state index in [1.807, 2.05) is 35.6 Å². The van der Waals surface area contributed by atoms with Gasteiger partial charge < -0.3 is 10.2 Å². The summed E-state index contributed by atoms with van der Waals surface area (Å²) in [4.78, 5) is 15.4. The van der Waals surface area contributed by atoms with E-state index in [1.165, 1.54) is 31.4 Å². The Morgan fingerprint density at radius 3 is 2.48 bits per heavy atom. The van der Waals surface area contributed by atoms with Crippen LogP contribution in [0.1, 0.15) is 38.4 Å². The van der Waals surface area contributed by atoms with E-state index in [1.54, 1.807) is 4.57 Å². The van der Waals surface area contributed by atoms with Crippen LogP contribution in [0.15, 0.2) is 53.3 Å². The van der Waals surface area contributed by atoms with Crippen molar-refractivity contribution in [2.75, 3.05) is 23.3 Å². The predicted octanol–water partition coefficient (Wildman–Crippen LogP) is 4.06. The van der Waals surface area contributed by atoms with Crippen LogP contribution in [-0.4, -0.2) is 32.3 Å². The van der Waals surface area contributed by atoms with Crippen LogP contribution < -0.4 is 15.8 Å². The normalized spacial score (nSPS) is 14.8. The highest BCUT2D eigenvalue weighted by Crippen LogP contribution is 2.28. The van der Waals surface area contributed by atoms with Gasteiger partial charge in [0, 0.05) is 19.6 Å². The topological polar surface area (TPSA) is 67.5 Å². The van der Waals surface area contributed by atoms with Gasteiger partial charge in [-0.1, -0.05) is 37.1 Å². The molecule has 1 fully saturated rings. The van der Waals surface area contributed by atoms with E-state index in [0.717, 1.165) is 30.1 Å². The Labute approximate surface area is 181 Å². The third kappa shape index (κ3) is 3.54. The second kappa shape index (κ2) is 8.41. The third-order valence-corrected chi connectivity index (χ3v) is 6.18. The fraction of sp³-hybridized carbons (Fsp3) is 0.375. The number of para-hydroxylation sites is 3. The Balaban J connectivity index is 1.52. The van der Waals surface area contributed by atoms with Crippen LogP contribution in [0.3, 0.4) is 0 Å². The van der Waals surface area contributed by atoms with Crippen molar-refractivity contribution in [3.05, 3.63) is 64.7 Å². The van der Waals surface area contributed by atoms with Crippen molar-refractivity contribution in [2.45, 2.75) is 45.7 Å². The molecular weight excluding hydrogens is 388 g/mol. The van der Waals surface area contributed by atoms with Crippen molar-refractivity contribution in [2.24, 2.45) is 0 Å². The summed E-state index contributed by atoms with van der Waals surface area (Å²) < 4.78 is 3.69. The number of hydrogen-bond acceptors (Lipinski definition) is 5. The smallest absolute Gasteiger partial charge is 0.262 e. The summed E-state index contributed by atoms with van der Waals surface area (Å²) in [6, 6.07) is 16.2. The molecule has 0 amide bonds. The second-order valence-corrected chi connectivity index (χ2v) is 8.09. The minimum Gasteiger partial charge on any atom is -0.376 e. The third-order valence-electron chi connectivity index (χ3n) is 6.18. The molecule has 1 N–H and O–H groups in total. The molecule has 1 saturated heterocycles. The van der Waals surface area contributed by atoms with Crippen molar-refractivity contribution in [3.63, 3.8) is 0 Å². The van der Waals surface area contributed by atoms with Crippen molar-refractivity contribution in [1.82, 2.24) is 19.2 Å². The second-order valence-electron chi connectivity index (χ2n) is 8.09. The lowest BCUT2D eigenvalue weighted by atomic mass is 10.2. The first-order valence-electron chi connectivity index (χ1n) is 11.2. The van der Waals surface area contributed by atoms with Gasteiger partial charge in [-0.2, -0.15) is 0 Å². The molecule has 0 aliphatic carbocycles. The minimum absolute atomic E-state index is 0.0241. The van der Waals surface area contributed by atoms with Crippen LogP contribution in [0.25, 0.3) is 16.7 Å². The lowest BCUT2D eigenvalue weighted by Crippen LogP contribution is -2.25. The average Bonchev–Trinajstić information content (AvgIpc) is 3.03. The molecule has 1 aliphatic heterocycles. The number of anilines is 2. The van der Waals surface area contributed by atoms with Gasteiger partial charge in [0.05, 0.1) is 28.8 Å². The van der Waals surface area contributed by atoms with Crippen molar-refractivity contribution >= 4 is 28.1 Å². The van der Waals surface area contributed by atoms with E-state index in [9.17, 15) is 4.79 Å². The van der Waals surface area contributed by atoms with E-state index in [0.29, 0.717) is 24.3 Å². The van der Waals surface area contributed by atoms with Gasteiger partial charge in [0.1, 0.15) is 0 Å². The molecule has 160 valence electrons. The molecule has 2 aromatic heterocycles. The molecule has 5 rings (SSSR count). The standard InChI is InChI=1S/C24H28N6O/c1-2-29-23(31)18-11-5-7-13-20(18)30-22(26-27-24(29)30)17-25-19-12-6-8-14-21(19)28-15-9-3-4-10-16-28/h5-8,11-14,25H,2-4,9-10,15-17H2,1H3. The van der Waals surface area contributed by atoms with Crippen LogP contribution in [-0.2, 0) is 13.1 Å². The molecule has 0 spiro atoms. The number of nitrogens with one attached hydrogen (secondary N) is 1. The Morgan fingerprint density at radius 1 is 0.935 bits per heavy atom. The summed E-state index contributed by atoms with van der Waals surface area (Å²) in [5, 5.41) is 13.1. The van der Waals surface area contributed by atoms with E-state index in [4.69, 9.17) is 0 Å². The number of nitrogens with zero attached hydrogens (tertiary/aromatic N) is 5. The summed E-state index contributed by atoms with van der Waals surface area (Å²) in [5.41, 5.74) is 3.17. The van der Waals surface area contributed by atoms with Crippen LogP contribution in [0.5, 0.6) is 0 Å². The number of benzene rings is 2. The molecule has 7 heteroatoms. The number of fused-ring (bicyclic) bond motifs is 3. The van der Waals surface area contributed by atoms with Gasteiger partial charge in [0.2, 0.25) is 5.78 Å². The summed E-state index contributed by atoms with van der Waals surface area (Å²) in [5.74, 6) is 1.38. The number of aryl methyl sites for hydroxylation is 1. The zero-order valence-electron chi connectivity index (χ0n) is 17.9. The molecule has 2 aromatic carbocycles. The summed E-state index contributed by atoms with van der Waals surface area (Å²) >= 11 is 0. The molecule has 4 aromatic rings. The first-order chi connectivity index (χ1) is 15.3. The maximum absolute atomic E-state index is 12.9. The van der Waals surface area contributed by atoms with Crippen LogP contribution in [0.4, 0.5) is 11.4 Å². The first kappa shape index (κ1) is 19.6. The molecule has 1 aliphatic rings. The number of aromatic nitrogens is 4. The lowest BCUT2D eigenvalue weighted by molar-refractivity contribution is 0.726. The molecule has 0 atom stereocenters. The monoisotopic (exact) mass is 416 g/mol. The molecular formula is C24H28N6O. The van der Waals surface area contributed by atoms with Gasteiger partial charge in [-0.05, 0) is 44.0 Å². The van der Waals surface area contributed by atoms with Gasteiger partial charge >= 0.3 is 0 Å². The molecule has 7 nitrogen and oxygen atoms in total. The molecule has 0 saturated carbocycles. The van der Waals surface area contributed by atoms with Gasteiger partial charge in [-0.15, -0.1) is 10.2 Å². The van der Waals surface area contributed by atoms with Crippen molar-refractivity contribution < 1.29 is 0 Å². The highest BCUT2D eigenvalue weighted by atomic mass is 16.1. The van der Waals surface area contributed by atoms with Gasteiger partial charge in [-0.3, -0.25) is 13.8 Å². The molecule has 31 heavy (non-hydrogen) atoms. The lowest BCUT2D eigenvalue weighted by Gasteiger charge is -2.25. The maximum Gasteiger partial charge on any atom is 0.262 e. The van der Waals surface area contributed by atoms with E-state index < -0.39 is 0 Å². The van der Waals surface area contributed by atoms with E-state index >= 15 is 0 Å². The quantitative estimate of drug-likeness (QED) is 0.531. The average molecular weight is 417 g/mol. The van der Waals surface area contributed by atoms with Crippen molar-refractivity contribution in [3.8, 4) is 0 Å². The Morgan fingerprint density at radius 2 is 1.68 bits per heavy atom. The first-order valence-corrected chi connectivity index (χ1v) is 11.2. The van der Waals surface area contributed by atoms with Crippen LogP contribution in [0, 0.1) is 0 Å². The largest absolute Gasteiger partial charge is 0.376 e. The highest BCUT2D eigenvalue weighted by Gasteiger charge is 2.17. The van der Waals surface area contributed by atoms with Gasteiger partial charge in [-0.25, -0.2) is 0 Å². The summed E-state index contributed by atoms with van der Waals surface area (Å²) in [6.45, 7) is 5.23. The summed E-state index contributed by atoms with van der Waals surface area (Å²) in [6.07, 6.45) is 5.10. The fourth-order valence-electron chi connectivity index (χ4n) is 4.60. The van der Waals surface area contributed by atoms with E-state index in [-0.39, 0.29) is 5.56 Å². The SMILES string of the molecule is CCn1c(=O)c2ccccc2n2c(CNc3ccccc3N3CCCCCC3)nnc12. The fourth-order valence-corrected chi connectivity index (χ4v) is 4.60. The zero-order chi connectivity index (χ0) is 21.2. The molecule has 0 unspecified atom stereocenters. The number of rotatable bonds is 5. The molecule has 0 bridgehead atoms. The number of hydrogen-bond donors (Lipinski definition) is 1. The van der Waals surface area contributed by atoms with Gasteiger partial charge in [0.25, 0.3) is 5.56 Å². The van der Waals surface area contributed by atoms with Crippen LogP contribution >= 0.6 is 0 Å². The predicted molar refractivity (Wildman–Crippen MR) is 125 cm³/mol. The Hall–Kier alpha value is -3.35. The zero-order valence-corrected chi connectivity index (χ0v) is 17.9. The van der Waals surface area contributed by atoms with Crippen molar-refractivity contribution in [1.29, 1.82) is 0 Å². The molecule has 3 heterocycles. The maximum atomic E-state index is 12.9. The Bertz CT molecular complexity index is 1270. The highest BCUT2D eigenvalue weighted by molar-refractivity contribution is 5.80. The van der Waals surface area contributed by atoms with Crippen LogP contribution in [0.2, 0.25) is 0 Å². The van der Waals surface area contributed by atoms with Gasteiger partial charge in [0.15, 0.2) is 5.82 Å². The molecule has 0 radical (unpaired) electrons. The summed E-state index contributed by atoms with van der Waals surface area (Å²) in [7, 11) is 0. The Kier molecular flexibility index (Phi) is 5.32. The minimum atomic E-state index is -0.0241. The van der Waals surface area contributed by atoms with E-state index in [2.05, 4.69) is 44.7 Å².